The highest BCUT2D eigenvalue weighted by Crippen LogP contribution is 2.11. The third-order valence-electron chi connectivity index (χ3n) is 2.29. The Morgan fingerprint density at radius 2 is 2.41 bits per heavy atom. The van der Waals surface area contributed by atoms with Crippen molar-refractivity contribution in [2.45, 2.75) is 32.2 Å². The Morgan fingerprint density at radius 3 is 3.00 bits per heavy atom. The predicted octanol–water partition coefficient (Wildman–Crippen LogP) is 1.54. The largest absolute Gasteiger partial charge is 0.481 e. The first-order valence-electron chi connectivity index (χ1n) is 5.53. The third-order valence-corrected chi connectivity index (χ3v) is 2.29. The Balaban J connectivity index is 2.67. The summed E-state index contributed by atoms with van der Waals surface area (Å²) in [6, 6.07) is 0.939. The fourth-order valence-corrected chi connectivity index (χ4v) is 1.35. The summed E-state index contributed by atoms with van der Waals surface area (Å²) < 4.78 is 4.94. The summed E-state index contributed by atoms with van der Waals surface area (Å²) in [5.41, 5.74) is 0. The highest BCUT2D eigenvalue weighted by atomic mass is 16.5. The average Bonchev–Trinajstić information content (AvgIpc) is 2.34. The SMILES string of the molecule is CCCCC(Nc1nccc(OC)n1)C(=O)O. The predicted molar refractivity (Wildman–Crippen MR) is 63.2 cm³/mol. The van der Waals surface area contributed by atoms with Crippen molar-refractivity contribution < 1.29 is 14.6 Å². The van der Waals surface area contributed by atoms with Gasteiger partial charge in [-0.3, -0.25) is 0 Å². The second-order valence-corrected chi connectivity index (χ2v) is 3.60. The first kappa shape index (κ1) is 13.2. The summed E-state index contributed by atoms with van der Waals surface area (Å²) in [4.78, 5) is 19.0. The third kappa shape index (κ3) is 4.26. The van der Waals surface area contributed by atoms with E-state index in [9.17, 15) is 4.79 Å². The number of carboxylic acid groups (broad SMARTS) is 1. The van der Waals surface area contributed by atoms with E-state index in [1.54, 1.807) is 6.07 Å². The minimum Gasteiger partial charge on any atom is -0.481 e. The zero-order valence-corrected chi connectivity index (χ0v) is 10.0. The van der Waals surface area contributed by atoms with Crippen molar-refractivity contribution in [2.75, 3.05) is 12.4 Å². The van der Waals surface area contributed by atoms with Gasteiger partial charge in [-0.05, 0) is 6.42 Å². The zero-order valence-electron chi connectivity index (χ0n) is 10.0. The first-order valence-corrected chi connectivity index (χ1v) is 5.53. The summed E-state index contributed by atoms with van der Waals surface area (Å²) in [6.07, 6.45) is 3.86. The second-order valence-electron chi connectivity index (χ2n) is 3.60. The van der Waals surface area contributed by atoms with Crippen LogP contribution < -0.4 is 10.1 Å². The lowest BCUT2D eigenvalue weighted by Gasteiger charge is -2.13. The van der Waals surface area contributed by atoms with E-state index in [4.69, 9.17) is 9.84 Å². The van der Waals surface area contributed by atoms with Gasteiger partial charge in [0, 0.05) is 12.3 Å². The molecule has 1 heterocycles. The smallest absolute Gasteiger partial charge is 0.326 e. The van der Waals surface area contributed by atoms with Gasteiger partial charge in [-0.2, -0.15) is 4.98 Å². The number of aromatic nitrogens is 2. The van der Waals surface area contributed by atoms with E-state index in [0.29, 0.717) is 12.3 Å². The number of ether oxygens (including phenoxy) is 1. The molecular weight excluding hydrogens is 222 g/mol. The number of nitrogens with zero attached hydrogens (tertiary/aromatic N) is 2. The Kier molecular flexibility index (Phi) is 5.19. The van der Waals surface area contributed by atoms with Crippen LogP contribution in [0.5, 0.6) is 5.88 Å². The van der Waals surface area contributed by atoms with Crippen molar-refractivity contribution in [3.63, 3.8) is 0 Å². The van der Waals surface area contributed by atoms with Gasteiger partial charge in [0.25, 0.3) is 0 Å². The second kappa shape index (κ2) is 6.67. The maximum absolute atomic E-state index is 11.0. The number of unbranched alkanes of at least 4 members (excludes halogenated alkanes) is 1. The molecule has 0 fully saturated rings. The van der Waals surface area contributed by atoms with Crippen LogP contribution in [0.3, 0.4) is 0 Å². The summed E-state index contributed by atoms with van der Waals surface area (Å²) in [7, 11) is 1.50. The molecule has 0 saturated heterocycles. The molecule has 94 valence electrons. The van der Waals surface area contributed by atoms with Crippen molar-refractivity contribution in [3.05, 3.63) is 12.3 Å². The quantitative estimate of drug-likeness (QED) is 0.750. The molecule has 1 unspecified atom stereocenters. The molecule has 6 nitrogen and oxygen atoms in total. The number of hydrogen-bond acceptors (Lipinski definition) is 5. The van der Waals surface area contributed by atoms with E-state index in [2.05, 4.69) is 15.3 Å². The van der Waals surface area contributed by atoms with Crippen molar-refractivity contribution in [1.82, 2.24) is 9.97 Å². The van der Waals surface area contributed by atoms with E-state index >= 15 is 0 Å². The molecule has 1 aromatic rings. The van der Waals surface area contributed by atoms with Gasteiger partial charge in [-0.1, -0.05) is 19.8 Å². The molecule has 0 aliphatic heterocycles. The lowest BCUT2D eigenvalue weighted by Crippen LogP contribution is -2.30. The van der Waals surface area contributed by atoms with Gasteiger partial charge < -0.3 is 15.2 Å². The number of carbonyl (C=O) groups is 1. The number of carboxylic acids is 1. The molecular formula is C11H17N3O3. The monoisotopic (exact) mass is 239 g/mol. The minimum absolute atomic E-state index is 0.271. The van der Waals surface area contributed by atoms with Gasteiger partial charge >= 0.3 is 5.97 Å². The Labute approximate surface area is 100 Å². The van der Waals surface area contributed by atoms with E-state index in [1.165, 1.54) is 13.3 Å². The van der Waals surface area contributed by atoms with Crippen LogP contribution in [-0.2, 0) is 4.79 Å². The Bertz CT molecular complexity index is 371. The molecule has 1 atom stereocenters. The molecule has 0 radical (unpaired) electrons. The molecule has 2 N–H and O–H groups in total. The van der Waals surface area contributed by atoms with Crippen LogP contribution >= 0.6 is 0 Å². The standard InChI is InChI=1S/C11H17N3O3/c1-3-4-5-8(10(15)16)13-11-12-7-6-9(14-11)17-2/h6-8H,3-5H2,1-2H3,(H,15,16)(H,12,13,14). The fourth-order valence-electron chi connectivity index (χ4n) is 1.35. The Hall–Kier alpha value is -1.85. The maximum atomic E-state index is 11.0. The summed E-state index contributed by atoms with van der Waals surface area (Å²) >= 11 is 0. The van der Waals surface area contributed by atoms with Gasteiger partial charge in [0.15, 0.2) is 0 Å². The fraction of sp³-hybridized carbons (Fsp3) is 0.545. The lowest BCUT2D eigenvalue weighted by atomic mass is 10.1. The van der Waals surface area contributed by atoms with Gasteiger partial charge in [-0.25, -0.2) is 9.78 Å². The van der Waals surface area contributed by atoms with Crippen LogP contribution in [0.2, 0.25) is 0 Å². The van der Waals surface area contributed by atoms with E-state index in [-0.39, 0.29) is 5.95 Å². The Morgan fingerprint density at radius 1 is 1.65 bits per heavy atom. The number of nitrogens with one attached hydrogen (secondary N) is 1. The molecule has 0 aliphatic carbocycles. The normalized spacial score (nSPS) is 11.9. The van der Waals surface area contributed by atoms with Crippen LogP contribution in [0.1, 0.15) is 26.2 Å². The van der Waals surface area contributed by atoms with Crippen LogP contribution in [0.15, 0.2) is 12.3 Å². The molecule has 1 aromatic heterocycles. The number of anilines is 1. The highest BCUT2D eigenvalue weighted by Gasteiger charge is 2.17. The first-order chi connectivity index (χ1) is 8.17. The van der Waals surface area contributed by atoms with E-state index in [1.807, 2.05) is 6.92 Å². The summed E-state index contributed by atoms with van der Waals surface area (Å²) in [6.45, 7) is 2.01. The van der Waals surface area contributed by atoms with Crippen LogP contribution in [0.25, 0.3) is 0 Å². The maximum Gasteiger partial charge on any atom is 0.326 e. The van der Waals surface area contributed by atoms with Gasteiger partial charge in [0.2, 0.25) is 11.8 Å². The topological polar surface area (TPSA) is 84.3 Å². The molecule has 0 aliphatic rings. The molecule has 0 saturated carbocycles. The number of hydrogen-bond donors (Lipinski definition) is 2. The van der Waals surface area contributed by atoms with E-state index in [0.717, 1.165) is 12.8 Å². The average molecular weight is 239 g/mol. The number of methoxy groups -OCH3 is 1. The molecule has 0 bridgehead atoms. The molecule has 0 amide bonds. The zero-order chi connectivity index (χ0) is 12.7. The molecule has 17 heavy (non-hydrogen) atoms. The molecule has 0 aromatic carbocycles. The summed E-state index contributed by atoms with van der Waals surface area (Å²) in [5, 5.41) is 11.8. The van der Waals surface area contributed by atoms with Crippen molar-refractivity contribution >= 4 is 11.9 Å². The lowest BCUT2D eigenvalue weighted by molar-refractivity contribution is -0.138. The molecule has 0 spiro atoms. The van der Waals surface area contributed by atoms with Gasteiger partial charge in [-0.15, -0.1) is 0 Å². The summed E-state index contributed by atoms with van der Waals surface area (Å²) in [5.74, 6) is -0.222. The van der Waals surface area contributed by atoms with Crippen molar-refractivity contribution in [3.8, 4) is 5.88 Å². The number of rotatable bonds is 7. The van der Waals surface area contributed by atoms with E-state index < -0.39 is 12.0 Å². The van der Waals surface area contributed by atoms with Gasteiger partial charge in [0.05, 0.1) is 7.11 Å². The van der Waals surface area contributed by atoms with Crippen LogP contribution in [0.4, 0.5) is 5.95 Å². The number of aliphatic carboxylic acids is 1. The van der Waals surface area contributed by atoms with Crippen LogP contribution in [-0.4, -0.2) is 34.2 Å². The van der Waals surface area contributed by atoms with Crippen molar-refractivity contribution in [2.24, 2.45) is 0 Å². The van der Waals surface area contributed by atoms with Crippen LogP contribution in [0, 0.1) is 0 Å². The highest BCUT2D eigenvalue weighted by molar-refractivity contribution is 5.76. The minimum atomic E-state index is -0.898. The molecule has 1 rings (SSSR count). The van der Waals surface area contributed by atoms with Crippen molar-refractivity contribution in [1.29, 1.82) is 0 Å². The molecule has 6 heteroatoms. The van der Waals surface area contributed by atoms with Gasteiger partial charge in [0.1, 0.15) is 6.04 Å².